The van der Waals surface area contributed by atoms with Crippen molar-refractivity contribution in [3.8, 4) is 6.07 Å². The van der Waals surface area contributed by atoms with E-state index in [9.17, 15) is 9.59 Å². The van der Waals surface area contributed by atoms with Gasteiger partial charge in [-0.2, -0.15) is 5.26 Å². The van der Waals surface area contributed by atoms with E-state index < -0.39 is 5.97 Å². The second-order valence-corrected chi connectivity index (χ2v) is 4.09. The number of aromatic carboxylic acids is 1. The fourth-order valence-electron chi connectivity index (χ4n) is 1.56. The molecule has 1 heterocycles. The summed E-state index contributed by atoms with van der Waals surface area (Å²) in [6.45, 7) is 4.24. The van der Waals surface area contributed by atoms with Crippen LogP contribution in [0.5, 0.6) is 0 Å². The van der Waals surface area contributed by atoms with Crippen molar-refractivity contribution >= 4 is 11.9 Å². The van der Waals surface area contributed by atoms with Crippen LogP contribution in [0.15, 0.2) is 18.2 Å². The van der Waals surface area contributed by atoms with Crippen LogP contribution < -0.4 is 0 Å². The van der Waals surface area contributed by atoms with Crippen molar-refractivity contribution in [3.05, 3.63) is 29.6 Å². The van der Waals surface area contributed by atoms with Crippen LogP contribution in [0.2, 0.25) is 0 Å². The number of hydrogen-bond donors (Lipinski definition) is 1. The van der Waals surface area contributed by atoms with Crippen LogP contribution in [-0.4, -0.2) is 40.0 Å². The molecule has 1 rings (SSSR count). The maximum absolute atomic E-state index is 12.2. The molecule has 0 aliphatic rings. The third-order valence-electron chi connectivity index (χ3n) is 2.57. The summed E-state index contributed by atoms with van der Waals surface area (Å²) >= 11 is 0. The Balaban J connectivity index is 2.95. The van der Waals surface area contributed by atoms with Gasteiger partial charge in [0.2, 0.25) is 0 Å². The average molecular weight is 261 g/mol. The van der Waals surface area contributed by atoms with Gasteiger partial charge in [0.25, 0.3) is 5.91 Å². The van der Waals surface area contributed by atoms with E-state index in [1.807, 2.05) is 0 Å². The SMILES string of the molecule is CCN(CC(C)C#N)C(=O)c1cccc(C(=O)O)n1. The van der Waals surface area contributed by atoms with E-state index in [4.69, 9.17) is 10.4 Å². The molecule has 0 aromatic carbocycles. The number of carboxylic acids is 1. The first kappa shape index (κ1) is 14.6. The van der Waals surface area contributed by atoms with Gasteiger partial charge in [-0.3, -0.25) is 4.79 Å². The van der Waals surface area contributed by atoms with Gasteiger partial charge in [0.15, 0.2) is 0 Å². The standard InChI is InChI=1S/C13H15N3O3/c1-3-16(8-9(2)7-14)12(17)10-5-4-6-11(15-10)13(18)19/h4-6,9H,3,8H2,1-2H3,(H,18,19). The molecular formula is C13H15N3O3. The minimum absolute atomic E-state index is 0.0758. The number of nitrogens with zero attached hydrogens (tertiary/aromatic N) is 3. The smallest absolute Gasteiger partial charge is 0.354 e. The van der Waals surface area contributed by atoms with Crippen molar-refractivity contribution < 1.29 is 14.7 Å². The number of aromatic nitrogens is 1. The molecule has 0 saturated heterocycles. The molecular weight excluding hydrogens is 246 g/mol. The van der Waals surface area contributed by atoms with E-state index in [-0.39, 0.29) is 23.2 Å². The lowest BCUT2D eigenvalue weighted by Crippen LogP contribution is -2.35. The fourth-order valence-corrected chi connectivity index (χ4v) is 1.56. The molecule has 1 amide bonds. The molecule has 0 radical (unpaired) electrons. The zero-order valence-corrected chi connectivity index (χ0v) is 10.8. The number of pyridine rings is 1. The molecule has 0 aliphatic carbocycles. The minimum atomic E-state index is -1.18. The predicted octanol–water partition coefficient (Wildman–Crippen LogP) is 1.40. The molecule has 1 aromatic rings. The Morgan fingerprint density at radius 3 is 2.63 bits per heavy atom. The molecule has 0 fully saturated rings. The van der Waals surface area contributed by atoms with E-state index in [2.05, 4.69) is 11.1 Å². The summed E-state index contributed by atoms with van der Waals surface area (Å²) in [5, 5.41) is 17.6. The lowest BCUT2D eigenvalue weighted by atomic mass is 10.2. The second kappa shape index (κ2) is 6.50. The zero-order chi connectivity index (χ0) is 14.4. The van der Waals surface area contributed by atoms with Crippen LogP contribution in [0.25, 0.3) is 0 Å². The Hall–Kier alpha value is -2.42. The van der Waals surface area contributed by atoms with Gasteiger partial charge in [-0.1, -0.05) is 6.07 Å². The van der Waals surface area contributed by atoms with Crippen LogP contribution in [0, 0.1) is 17.2 Å². The van der Waals surface area contributed by atoms with E-state index >= 15 is 0 Å². The number of carbonyl (C=O) groups is 2. The molecule has 19 heavy (non-hydrogen) atoms. The van der Waals surface area contributed by atoms with Crippen molar-refractivity contribution in [1.82, 2.24) is 9.88 Å². The molecule has 6 nitrogen and oxygen atoms in total. The van der Waals surface area contributed by atoms with Crippen molar-refractivity contribution in [2.24, 2.45) is 5.92 Å². The van der Waals surface area contributed by atoms with Gasteiger partial charge in [-0.15, -0.1) is 0 Å². The lowest BCUT2D eigenvalue weighted by Gasteiger charge is -2.21. The molecule has 1 N–H and O–H groups in total. The lowest BCUT2D eigenvalue weighted by molar-refractivity contribution is 0.0689. The van der Waals surface area contributed by atoms with Gasteiger partial charge < -0.3 is 10.0 Å². The maximum Gasteiger partial charge on any atom is 0.354 e. The van der Waals surface area contributed by atoms with Crippen LogP contribution in [0.4, 0.5) is 0 Å². The first-order chi connectivity index (χ1) is 8.99. The highest BCUT2D eigenvalue weighted by Crippen LogP contribution is 2.07. The van der Waals surface area contributed by atoms with E-state index in [0.29, 0.717) is 13.1 Å². The van der Waals surface area contributed by atoms with E-state index in [0.717, 1.165) is 0 Å². The Morgan fingerprint density at radius 2 is 2.11 bits per heavy atom. The molecule has 1 atom stereocenters. The third kappa shape index (κ3) is 3.78. The van der Waals surface area contributed by atoms with Crippen molar-refractivity contribution in [2.75, 3.05) is 13.1 Å². The molecule has 1 aromatic heterocycles. The molecule has 0 aliphatic heterocycles. The monoisotopic (exact) mass is 261 g/mol. The number of nitriles is 1. The Labute approximate surface area is 111 Å². The van der Waals surface area contributed by atoms with Gasteiger partial charge >= 0.3 is 5.97 Å². The van der Waals surface area contributed by atoms with Crippen LogP contribution in [0.1, 0.15) is 34.8 Å². The highest BCUT2D eigenvalue weighted by atomic mass is 16.4. The largest absolute Gasteiger partial charge is 0.477 e. The van der Waals surface area contributed by atoms with Crippen molar-refractivity contribution in [2.45, 2.75) is 13.8 Å². The molecule has 0 saturated carbocycles. The molecule has 6 heteroatoms. The van der Waals surface area contributed by atoms with E-state index in [1.165, 1.54) is 23.1 Å². The first-order valence-corrected chi connectivity index (χ1v) is 5.88. The Bertz CT molecular complexity index is 522. The summed E-state index contributed by atoms with van der Waals surface area (Å²) in [5.41, 5.74) is -0.0953. The summed E-state index contributed by atoms with van der Waals surface area (Å²) in [5.74, 6) is -1.83. The average Bonchev–Trinajstić information content (AvgIpc) is 2.43. The Morgan fingerprint density at radius 1 is 1.47 bits per heavy atom. The van der Waals surface area contributed by atoms with E-state index in [1.54, 1.807) is 13.8 Å². The van der Waals surface area contributed by atoms with Gasteiger partial charge in [0.05, 0.1) is 12.0 Å². The number of amides is 1. The highest BCUT2D eigenvalue weighted by molar-refractivity contribution is 5.94. The Kier molecular flexibility index (Phi) is 5.01. The van der Waals surface area contributed by atoms with Crippen molar-refractivity contribution in [1.29, 1.82) is 5.26 Å². The van der Waals surface area contributed by atoms with Gasteiger partial charge in [0, 0.05) is 13.1 Å². The normalized spacial score (nSPS) is 11.4. The quantitative estimate of drug-likeness (QED) is 0.864. The summed E-state index contributed by atoms with van der Waals surface area (Å²) in [4.78, 5) is 28.2. The van der Waals surface area contributed by atoms with Crippen molar-refractivity contribution in [3.63, 3.8) is 0 Å². The number of carbonyl (C=O) groups excluding carboxylic acids is 1. The molecule has 0 spiro atoms. The first-order valence-electron chi connectivity index (χ1n) is 5.88. The molecule has 100 valence electrons. The number of carboxylic acid groups (broad SMARTS) is 1. The minimum Gasteiger partial charge on any atom is -0.477 e. The molecule has 1 unspecified atom stereocenters. The fraction of sp³-hybridized carbons (Fsp3) is 0.385. The maximum atomic E-state index is 12.2. The topological polar surface area (TPSA) is 94.3 Å². The molecule has 0 bridgehead atoms. The zero-order valence-electron chi connectivity index (χ0n) is 10.8. The summed E-state index contributed by atoms with van der Waals surface area (Å²) in [6, 6.07) is 6.33. The summed E-state index contributed by atoms with van der Waals surface area (Å²) in [6.07, 6.45) is 0. The summed E-state index contributed by atoms with van der Waals surface area (Å²) < 4.78 is 0. The predicted molar refractivity (Wildman–Crippen MR) is 67.6 cm³/mol. The third-order valence-corrected chi connectivity index (χ3v) is 2.57. The van der Waals surface area contributed by atoms with Gasteiger partial charge in [0.1, 0.15) is 11.4 Å². The number of hydrogen-bond acceptors (Lipinski definition) is 4. The van der Waals surface area contributed by atoms with Crippen LogP contribution in [-0.2, 0) is 0 Å². The second-order valence-electron chi connectivity index (χ2n) is 4.09. The summed E-state index contributed by atoms with van der Waals surface area (Å²) in [7, 11) is 0. The highest BCUT2D eigenvalue weighted by Gasteiger charge is 2.19. The van der Waals surface area contributed by atoms with Crippen LogP contribution in [0.3, 0.4) is 0 Å². The number of rotatable bonds is 5. The van der Waals surface area contributed by atoms with Crippen LogP contribution >= 0.6 is 0 Å². The van der Waals surface area contributed by atoms with Gasteiger partial charge in [-0.05, 0) is 26.0 Å². The van der Waals surface area contributed by atoms with Gasteiger partial charge in [-0.25, -0.2) is 9.78 Å².